The molecule has 0 aromatic heterocycles. The molecule has 1 aliphatic heterocycles. The van der Waals surface area contributed by atoms with Crippen molar-refractivity contribution in [3.8, 4) is 0 Å². The first-order chi connectivity index (χ1) is 7.47. The number of aliphatic carboxylic acids is 2. The van der Waals surface area contributed by atoms with Crippen LogP contribution in [0.3, 0.4) is 0 Å². The molecule has 1 aliphatic rings. The van der Waals surface area contributed by atoms with Gasteiger partial charge in [-0.25, -0.2) is 0 Å². The van der Waals surface area contributed by atoms with E-state index in [1.54, 1.807) is 0 Å². The normalized spacial score (nSPS) is 30.3. The second-order valence-electron chi connectivity index (χ2n) is 3.28. The lowest BCUT2D eigenvalue weighted by atomic mass is 10.1. The van der Waals surface area contributed by atoms with E-state index in [4.69, 9.17) is 24.8 Å². The van der Waals surface area contributed by atoms with Gasteiger partial charge < -0.3 is 29.9 Å². The number of aliphatic hydroxyl groups is 2. The average molecular weight is 236 g/mol. The van der Waals surface area contributed by atoms with Crippen LogP contribution < -0.4 is 0 Å². The molecule has 1 fully saturated rings. The fraction of sp³-hybridized carbons (Fsp3) is 0.750. The quantitative estimate of drug-likeness (QED) is 0.406. The SMILES string of the molecule is O=C(O)C(C(=O)O)C1OC[C@H](O)[C@@H](CO)O1. The summed E-state index contributed by atoms with van der Waals surface area (Å²) < 4.78 is 9.61. The summed E-state index contributed by atoms with van der Waals surface area (Å²) in [5, 5.41) is 35.4. The molecule has 0 radical (unpaired) electrons. The molecule has 8 nitrogen and oxygen atoms in total. The van der Waals surface area contributed by atoms with Crippen LogP contribution in [0.1, 0.15) is 0 Å². The van der Waals surface area contributed by atoms with Crippen molar-refractivity contribution in [2.45, 2.75) is 18.5 Å². The van der Waals surface area contributed by atoms with E-state index in [-0.39, 0.29) is 6.61 Å². The fourth-order valence-corrected chi connectivity index (χ4v) is 1.28. The standard InChI is InChI=1S/C8H12O8/c9-1-4-3(10)2-15-8(16-4)5(6(11)12)7(13)14/h3-5,8-10H,1-2H2,(H,11,12)(H,13,14)/t3-,4+,8?/m0/s1. The first kappa shape index (κ1) is 12.8. The summed E-state index contributed by atoms with van der Waals surface area (Å²) in [6.07, 6.45) is -3.67. The van der Waals surface area contributed by atoms with Crippen molar-refractivity contribution in [3.63, 3.8) is 0 Å². The zero-order valence-corrected chi connectivity index (χ0v) is 8.15. The molecule has 1 saturated heterocycles. The van der Waals surface area contributed by atoms with Crippen molar-refractivity contribution in [2.24, 2.45) is 5.92 Å². The third kappa shape index (κ3) is 2.67. The third-order valence-corrected chi connectivity index (χ3v) is 2.15. The Morgan fingerprint density at radius 1 is 1.31 bits per heavy atom. The van der Waals surface area contributed by atoms with Crippen molar-refractivity contribution in [2.75, 3.05) is 13.2 Å². The van der Waals surface area contributed by atoms with Crippen molar-refractivity contribution < 1.29 is 39.5 Å². The predicted molar refractivity (Wildman–Crippen MR) is 46.5 cm³/mol. The molecular weight excluding hydrogens is 224 g/mol. The monoisotopic (exact) mass is 236 g/mol. The van der Waals surface area contributed by atoms with Crippen LogP contribution in [-0.4, -0.2) is 64.1 Å². The fourth-order valence-electron chi connectivity index (χ4n) is 1.28. The minimum atomic E-state index is -1.89. The second-order valence-corrected chi connectivity index (χ2v) is 3.28. The smallest absolute Gasteiger partial charge is 0.323 e. The Labute approximate surface area is 90.0 Å². The van der Waals surface area contributed by atoms with Crippen LogP contribution in [-0.2, 0) is 19.1 Å². The number of carboxylic acid groups (broad SMARTS) is 2. The van der Waals surface area contributed by atoms with Crippen molar-refractivity contribution in [1.29, 1.82) is 0 Å². The van der Waals surface area contributed by atoms with Gasteiger partial charge in [-0.2, -0.15) is 0 Å². The average Bonchev–Trinajstić information content (AvgIpc) is 2.19. The first-order valence-corrected chi connectivity index (χ1v) is 4.49. The molecule has 0 amide bonds. The van der Waals surface area contributed by atoms with Gasteiger partial charge in [0.15, 0.2) is 6.29 Å². The van der Waals surface area contributed by atoms with E-state index in [9.17, 15) is 14.7 Å². The largest absolute Gasteiger partial charge is 0.480 e. The Morgan fingerprint density at radius 2 is 1.88 bits per heavy atom. The van der Waals surface area contributed by atoms with Gasteiger partial charge in [0.1, 0.15) is 12.2 Å². The summed E-state index contributed by atoms with van der Waals surface area (Å²) >= 11 is 0. The maximum atomic E-state index is 10.7. The summed E-state index contributed by atoms with van der Waals surface area (Å²) in [4.78, 5) is 21.3. The zero-order chi connectivity index (χ0) is 12.3. The molecule has 0 bridgehead atoms. The molecule has 3 atom stereocenters. The minimum Gasteiger partial charge on any atom is -0.480 e. The highest BCUT2D eigenvalue weighted by Crippen LogP contribution is 2.20. The topological polar surface area (TPSA) is 134 Å². The number of carboxylic acids is 2. The van der Waals surface area contributed by atoms with Crippen LogP contribution in [0.15, 0.2) is 0 Å². The molecule has 0 aromatic rings. The highest BCUT2D eigenvalue weighted by atomic mass is 16.7. The maximum Gasteiger partial charge on any atom is 0.323 e. The molecule has 1 rings (SSSR count). The summed E-state index contributed by atoms with van der Waals surface area (Å²) in [6, 6.07) is 0. The second kappa shape index (κ2) is 5.21. The van der Waals surface area contributed by atoms with E-state index >= 15 is 0 Å². The van der Waals surface area contributed by atoms with E-state index in [2.05, 4.69) is 0 Å². The summed E-state index contributed by atoms with van der Waals surface area (Å²) in [5.41, 5.74) is 0. The van der Waals surface area contributed by atoms with Crippen LogP contribution in [0, 0.1) is 5.92 Å². The molecule has 0 saturated carbocycles. The van der Waals surface area contributed by atoms with Crippen molar-refractivity contribution in [1.82, 2.24) is 0 Å². The molecule has 1 heterocycles. The Bertz CT molecular complexity index is 263. The minimum absolute atomic E-state index is 0.285. The Balaban J connectivity index is 2.73. The van der Waals surface area contributed by atoms with Crippen LogP contribution >= 0.6 is 0 Å². The molecule has 4 N–H and O–H groups in total. The molecule has 0 spiro atoms. The van der Waals surface area contributed by atoms with Gasteiger partial charge >= 0.3 is 11.9 Å². The Morgan fingerprint density at radius 3 is 2.31 bits per heavy atom. The van der Waals surface area contributed by atoms with Gasteiger partial charge in [-0.15, -0.1) is 0 Å². The summed E-state index contributed by atoms with van der Waals surface area (Å²) in [7, 11) is 0. The van der Waals surface area contributed by atoms with Crippen molar-refractivity contribution >= 4 is 11.9 Å². The number of hydrogen-bond acceptors (Lipinski definition) is 6. The Hall–Kier alpha value is -1.22. The van der Waals surface area contributed by atoms with E-state index in [0.717, 1.165) is 0 Å². The van der Waals surface area contributed by atoms with Gasteiger partial charge in [0.25, 0.3) is 0 Å². The van der Waals surface area contributed by atoms with Crippen LogP contribution in [0.5, 0.6) is 0 Å². The van der Waals surface area contributed by atoms with Crippen LogP contribution in [0.4, 0.5) is 0 Å². The van der Waals surface area contributed by atoms with Crippen LogP contribution in [0.2, 0.25) is 0 Å². The van der Waals surface area contributed by atoms with E-state index in [0.29, 0.717) is 0 Å². The molecule has 16 heavy (non-hydrogen) atoms. The first-order valence-electron chi connectivity index (χ1n) is 4.49. The van der Waals surface area contributed by atoms with Gasteiger partial charge in [0.2, 0.25) is 5.92 Å². The summed E-state index contributed by atoms with van der Waals surface area (Å²) in [6.45, 7) is -0.833. The lowest BCUT2D eigenvalue weighted by molar-refractivity contribution is -0.274. The highest BCUT2D eigenvalue weighted by Gasteiger charge is 2.42. The molecule has 0 aliphatic carbocycles. The Kier molecular flexibility index (Phi) is 4.19. The third-order valence-electron chi connectivity index (χ3n) is 2.15. The van der Waals surface area contributed by atoms with Gasteiger partial charge in [-0.1, -0.05) is 0 Å². The van der Waals surface area contributed by atoms with E-state index in [1.807, 2.05) is 0 Å². The number of aliphatic hydroxyl groups excluding tert-OH is 2. The zero-order valence-electron chi connectivity index (χ0n) is 8.15. The number of carbonyl (C=O) groups is 2. The maximum absolute atomic E-state index is 10.7. The molecular formula is C8H12O8. The lowest BCUT2D eigenvalue weighted by Gasteiger charge is -2.34. The molecule has 92 valence electrons. The molecule has 0 aromatic carbocycles. The van der Waals surface area contributed by atoms with Crippen molar-refractivity contribution in [3.05, 3.63) is 0 Å². The van der Waals surface area contributed by atoms with Gasteiger partial charge in [-0.05, 0) is 0 Å². The van der Waals surface area contributed by atoms with Gasteiger partial charge in [-0.3, -0.25) is 9.59 Å². The van der Waals surface area contributed by atoms with Gasteiger partial charge in [0.05, 0.1) is 13.2 Å². The number of hydrogen-bond donors (Lipinski definition) is 4. The number of rotatable bonds is 4. The lowest BCUT2D eigenvalue weighted by Crippen LogP contribution is -2.51. The van der Waals surface area contributed by atoms with E-state index < -0.39 is 43.0 Å². The number of ether oxygens (including phenoxy) is 2. The van der Waals surface area contributed by atoms with E-state index in [1.165, 1.54) is 0 Å². The molecule has 1 unspecified atom stereocenters. The highest BCUT2D eigenvalue weighted by molar-refractivity contribution is 5.93. The van der Waals surface area contributed by atoms with Crippen LogP contribution in [0.25, 0.3) is 0 Å². The predicted octanol–water partition coefficient (Wildman–Crippen LogP) is -2.13. The summed E-state index contributed by atoms with van der Waals surface area (Å²) in [5.74, 6) is -5.10. The molecule has 8 heteroatoms. The van der Waals surface area contributed by atoms with Gasteiger partial charge in [0, 0.05) is 0 Å².